The summed E-state index contributed by atoms with van der Waals surface area (Å²) in [6.07, 6.45) is 6.33. The fourth-order valence-electron chi connectivity index (χ4n) is 5.90. The zero-order chi connectivity index (χ0) is 22.5. The van der Waals surface area contributed by atoms with E-state index in [-0.39, 0.29) is 32.4 Å². The molecule has 168 valence electrons. The molecule has 7 rings (SSSR count). The third-order valence-corrected chi connectivity index (χ3v) is 9.98. The second kappa shape index (κ2) is 8.28. The second-order valence-electron chi connectivity index (χ2n) is 9.19. The van der Waals surface area contributed by atoms with Crippen molar-refractivity contribution in [3.05, 3.63) is 83.3 Å². The van der Waals surface area contributed by atoms with E-state index in [0.29, 0.717) is 11.8 Å². The van der Waals surface area contributed by atoms with Gasteiger partial charge in [0.15, 0.2) is 0 Å². The van der Waals surface area contributed by atoms with Gasteiger partial charge in [0.2, 0.25) is 0 Å². The molecule has 1 unspecified atom stereocenters. The molecule has 5 nitrogen and oxygen atoms in total. The summed E-state index contributed by atoms with van der Waals surface area (Å²) in [5.41, 5.74) is 2.27. The molecule has 3 aliphatic rings. The van der Waals surface area contributed by atoms with Gasteiger partial charge in [0.25, 0.3) is 0 Å². The molecule has 2 bridgehead atoms. The average Bonchev–Trinajstić information content (AvgIpc) is 3.20. The van der Waals surface area contributed by atoms with Gasteiger partial charge < -0.3 is 0 Å². The SMILES string of the molecule is C=C[C@H]1CN2CC[C@H]1C[C@H]2[C@@H](c1ccnc2ccc(OC)cc12)n1[se]c2ccccc2c1=O. The number of pyridine rings is 1. The minimum atomic E-state index is -0.0531. The number of methoxy groups -OCH3 is 1. The first-order valence-corrected chi connectivity index (χ1v) is 13.2. The number of aromatic nitrogens is 2. The van der Waals surface area contributed by atoms with Gasteiger partial charge in [-0.3, -0.25) is 0 Å². The number of ether oxygens (including phenoxy) is 1. The van der Waals surface area contributed by atoms with Gasteiger partial charge in [-0.05, 0) is 0 Å². The molecule has 0 aliphatic carbocycles. The number of nitrogens with zero attached hydrogens (tertiary/aromatic N) is 3. The van der Waals surface area contributed by atoms with E-state index in [4.69, 9.17) is 4.74 Å². The van der Waals surface area contributed by atoms with Crippen molar-refractivity contribution in [1.82, 2.24) is 13.4 Å². The predicted octanol–water partition coefficient (Wildman–Crippen LogP) is 4.10. The van der Waals surface area contributed by atoms with Crippen LogP contribution in [0.15, 0.2) is 72.2 Å². The molecular formula is C27H27N3O2Se. The number of hydrogen-bond donors (Lipinski definition) is 0. The Morgan fingerprint density at radius 2 is 2.09 bits per heavy atom. The van der Waals surface area contributed by atoms with Crippen molar-refractivity contribution in [1.29, 1.82) is 0 Å². The van der Waals surface area contributed by atoms with Gasteiger partial charge in [-0.2, -0.15) is 0 Å². The van der Waals surface area contributed by atoms with Crippen molar-refractivity contribution >= 4 is 35.3 Å². The molecule has 0 radical (unpaired) electrons. The molecule has 0 amide bonds. The Hall–Kier alpha value is -2.66. The van der Waals surface area contributed by atoms with E-state index in [1.165, 1.54) is 16.2 Å². The third kappa shape index (κ3) is 3.40. The molecule has 2 aromatic carbocycles. The maximum atomic E-state index is 13.7. The summed E-state index contributed by atoms with van der Waals surface area (Å²) in [5.74, 6) is 1.99. The van der Waals surface area contributed by atoms with Crippen LogP contribution in [0.5, 0.6) is 5.75 Å². The maximum absolute atomic E-state index is 13.7. The fraction of sp³-hybridized carbons (Fsp3) is 0.333. The Bertz CT molecular complexity index is 1410. The molecule has 6 heteroatoms. The van der Waals surface area contributed by atoms with Crippen molar-refractivity contribution in [2.45, 2.75) is 24.9 Å². The fourth-order valence-corrected chi connectivity index (χ4v) is 8.32. The summed E-state index contributed by atoms with van der Waals surface area (Å²) in [6, 6.07) is 16.5. The van der Waals surface area contributed by atoms with E-state index in [1.807, 2.05) is 36.5 Å². The van der Waals surface area contributed by atoms with Crippen LogP contribution >= 0.6 is 0 Å². The van der Waals surface area contributed by atoms with Crippen LogP contribution in [0.2, 0.25) is 0 Å². The zero-order valence-electron chi connectivity index (χ0n) is 18.7. The van der Waals surface area contributed by atoms with Crippen LogP contribution in [0, 0.1) is 11.8 Å². The molecule has 5 heterocycles. The van der Waals surface area contributed by atoms with Crippen molar-refractivity contribution in [2.24, 2.45) is 11.8 Å². The van der Waals surface area contributed by atoms with Gasteiger partial charge in [0.1, 0.15) is 0 Å². The van der Waals surface area contributed by atoms with Crippen molar-refractivity contribution < 1.29 is 4.74 Å². The van der Waals surface area contributed by atoms with Gasteiger partial charge in [0, 0.05) is 0 Å². The van der Waals surface area contributed by atoms with Gasteiger partial charge in [-0.1, -0.05) is 0 Å². The Morgan fingerprint density at radius 1 is 1.21 bits per heavy atom. The van der Waals surface area contributed by atoms with E-state index >= 15 is 0 Å². The number of piperidine rings is 3. The second-order valence-corrected chi connectivity index (χ2v) is 11.3. The normalized spacial score (nSPS) is 25.4. The summed E-state index contributed by atoms with van der Waals surface area (Å²) in [6.45, 7) is 6.22. The first kappa shape index (κ1) is 20.9. The van der Waals surface area contributed by atoms with Crippen LogP contribution in [0.3, 0.4) is 0 Å². The number of hydrogen-bond acceptors (Lipinski definition) is 4. The minimum absolute atomic E-state index is 0.0175. The Kier molecular flexibility index (Phi) is 5.25. The first-order chi connectivity index (χ1) is 16.2. The van der Waals surface area contributed by atoms with E-state index in [1.54, 1.807) is 7.11 Å². The van der Waals surface area contributed by atoms with Gasteiger partial charge >= 0.3 is 199 Å². The molecule has 3 fully saturated rings. The summed E-state index contributed by atoms with van der Waals surface area (Å²) in [4.78, 5) is 20.9. The summed E-state index contributed by atoms with van der Waals surface area (Å²) in [7, 11) is 1.69. The molecule has 0 saturated carbocycles. The Morgan fingerprint density at radius 3 is 2.85 bits per heavy atom. The molecule has 4 aromatic rings. The van der Waals surface area contributed by atoms with E-state index in [9.17, 15) is 4.79 Å². The molecule has 33 heavy (non-hydrogen) atoms. The molecular weight excluding hydrogens is 477 g/mol. The van der Waals surface area contributed by atoms with E-state index in [2.05, 4.69) is 44.3 Å². The molecule has 5 atom stereocenters. The predicted molar refractivity (Wildman–Crippen MR) is 133 cm³/mol. The molecule has 2 aromatic heterocycles. The summed E-state index contributed by atoms with van der Waals surface area (Å²) < 4.78 is 8.90. The van der Waals surface area contributed by atoms with Crippen LogP contribution in [-0.4, -0.2) is 54.4 Å². The van der Waals surface area contributed by atoms with E-state index < -0.39 is 0 Å². The molecule has 3 aliphatic heterocycles. The number of rotatable bonds is 5. The quantitative estimate of drug-likeness (QED) is 0.303. The van der Waals surface area contributed by atoms with Crippen LogP contribution in [0.25, 0.3) is 20.5 Å². The molecule has 0 spiro atoms. The number of benzene rings is 2. The van der Waals surface area contributed by atoms with Crippen molar-refractivity contribution in [2.75, 3.05) is 20.2 Å². The monoisotopic (exact) mass is 505 g/mol. The summed E-state index contributed by atoms with van der Waals surface area (Å²) in [5, 5.41) is 1.93. The van der Waals surface area contributed by atoms with Crippen LogP contribution in [0.1, 0.15) is 24.4 Å². The first-order valence-electron chi connectivity index (χ1n) is 11.6. The van der Waals surface area contributed by atoms with Crippen molar-refractivity contribution in [3.63, 3.8) is 0 Å². The Balaban J connectivity index is 1.58. The molecule has 0 N–H and O–H groups in total. The third-order valence-electron chi connectivity index (χ3n) is 7.59. The average molecular weight is 504 g/mol. The standard InChI is InChI=1S/C27H27N3O2Se/c1-3-17-16-29-13-11-18(17)14-24(29)26(30-27(31)21-6-4-5-7-25(21)33-30)20-10-12-28-23-9-8-19(32-2)15-22(20)23/h3-10,12,15,17-18,24,26H,1,11,13-14,16H2,2H3/t17-,18-,24-,26+/m0/s1. The van der Waals surface area contributed by atoms with Gasteiger partial charge in [-0.15, -0.1) is 0 Å². The summed E-state index contributed by atoms with van der Waals surface area (Å²) >= 11 is -0.0531. The van der Waals surface area contributed by atoms with E-state index in [0.717, 1.165) is 41.5 Å². The van der Waals surface area contributed by atoms with Gasteiger partial charge in [0.05, 0.1) is 0 Å². The van der Waals surface area contributed by atoms with Crippen LogP contribution in [-0.2, 0) is 0 Å². The zero-order valence-corrected chi connectivity index (χ0v) is 20.4. The van der Waals surface area contributed by atoms with Crippen molar-refractivity contribution in [3.8, 4) is 5.75 Å². The topological polar surface area (TPSA) is 47.4 Å². The van der Waals surface area contributed by atoms with Gasteiger partial charge in [-0.25, -0.2) is 0 Å². The van der Waals surface area contributed by atoms with Crippen LogP contribution < -0.4 is 10.3 Å². The Labute approximate surface area is 199 Å². The van der Waals surface area contributed by atoms with Crippen LogP contribution in [0.4, 0.5) is 0 Å². The number of fused-ring (bicyclic) bond motifs is 5. The molecule has 3 saturated heterocycles.